The number of rotatable bonds is 2. The summed E-state index contributed by atoms with van der Waals surface area (Å²) in [5, 5.41) is 2.42. The van der Waals surface area contributed by atoms with Crippen LogP contribution in [0.15, 0.2) is 36.7 Å². The van der Waals surface area contributed by atoms with Gasteiger partial charge in [-0.3, -0.25) is 0 Å². The van der Waals surface area contributed by atoms with E-state index < -0.39 is 0 Å². The molecule has 0 spiro atoms. The molecule has 0 radical (unpaired) electrons. The monoisotopic (exact) mass is 376 g/mol. The summed E-state index contributed by atoms with van der Waals surface area (Å²) < 4.78 is 1.26. The maximum absolute atomic E-state index is 4.65. The number of anilines is 2. The highest BCUT2D eigenvalue weighted by Gasteiger charge is 2.23. The topological polar surface area (TPSA) is 58.0 Å². The summed E-state index contributed by atoms with van der Waals surface area (Å²) in [6, 6.07) is 10.5. The second kappa shape index (κ2) is 6.42. The standard InChI is InChI=1S/C20H20N6S/c1-13-11-14(2)24-20(23-13)26-9-7-25(8-10-26)18-17-15-5-3-4-6-16(15)27-19(17)22-12-21-18/h3-6,11-12H,7-10H2,1-2H3. The maximum atomic E-state index is 4.65. The zero-order chi connectivity index (χ0) is 18.4. The average Bonchev–Trinajstić information content (AvgIpc) is 3.06. The molecule has 1 fully saturated rings. The van der Waals surface area contributed by atoms with Crippen molar-refractivity contribution in [2.24, 2.45) is 0 Å². The van der Waals surface area contributed by atoms with Crippen molar-refractivity contribution >= 4 is 43.4 Å². The molecule has 4 aromatic rings. The first-order chi connectivity index (χ1) is 13.2. The minimum Gasteiger partial charge on any atom is -0.352 e. The molecule has 7 heteroatoms. The van der Waals surface area contributed by atoms with Gasteiger partial charge < -0.3 is 9.80 Å². The van der Waals surface area contributed by atoms with Crippen molar-refractivity contribution in [2.45, 2.75) is 13.8 Å². The molecule has 1 aliphatic heterocycles. The van der Waals surface area contributed by atoms with Gasteiger partial charge in [0, 0.05) is 47.7 Å². The van der Waals surface area contributed by atoms with Gasteiger partial charge in [-0.15, -0.1) is 11.3 Å². The number of fused-ring (bicyclic) bond motifs is 3. The van der Waals surface area contributed by atoms with Crippen LogP contribution in [-0.2, 0) is 0 Å². The number of thiophene rings is 1. The van der Waals surface area contributed by atoms with Crippen LogP contribution in [0.1, 0.15) is 11.4 Å². The molecule has 1 saturated heterocycles. The van der Waals surface area contributed by atoms with Crippen LogP contribution >= 0.6 is 11.3 Å². The molecule has 27 heavy (non-hydrogen) atoms. The smallest absolute Gasteiger partial charge is 0.225 e. The van der Waals surface area contributed by atoms with E-state index in [1.807, 2.05) is 19.9 Å². The summed E-state index contributed by atoms with van der Waals surface area (Å²) in [4.78, 5) is 24.1. The number of benzene rings is 1. The van der Waals surface area contributed by atoms with Crippen LogP contribution in [0.2, 0.25) is 0 Å². The average molecular weight is 376 g/mol. The minimum atomic E-state index is 0.834. The number of aryl methyl sites for hydroxylation is 2. The fourth-order valence-electron chi connectivity index (χ4n) is 3.75. The minimum absolute atomic E-state index is 0.834. The van der Waals surface area contributed by atoms with E-state index in [-0.39, 0.29) is 0 Å². The Bertz CT molecular complexity index is 1110. The summed E-state index contributed by atoms with van der Waals surface area (Å²) in [6.45, 7) is 7.60. The van der Waals surface area contributed by atoms with Gasteiger partial charge in [0.05, 0.1) is 5.39 Å². The normalized spacial score (nSPS) is 15.0. The third kappa shape index (κ3) is 2.88. The van der Waals surface area contributed by atoms with E-state index in [0.717, 1.165) is 54.2 Å². The summed E-state index contributed by atoms with van der Waals surface area (Å²) in [5.74, 6) is 1.87. The Hall–Kier alpha value is -2.80. The van der Waals surface area contributed by atoms with E-state index in [9.17, 15) is 0 Å². The highest BCUT2D eigenvalue weighted by Crippen LogP contribution is 2.37. The number of hydrogen-bond donors (Lipinski definition) is 0. The molecule has 3 aromatic heterocycles. The van der Waals surface area contributed by atoms with Crippen LogP contribution in [0.25, 0.3) is 20.3 Å². The first kappa shape index (κ1) is 16.4. The molecule has 0 atom stereocenters. The van der Waals surface area contributed by atoms with Crippen molar-refractivity contribution in [3.63, 3.8) is 0 Å². The van der Waals surface area contributed by atoms with Gasteiger partial charge >= 0.3 is 0 Å². The summed E-state index contributed by atoms with van der Waals surface area (Å²) in [6.07, 6.45) is 1.69. The van der Waals surface area contributed by atoms with Gasteiger partial charge in [0.1, 0.15) is 17.0 Å². The number of aromatic nitrogens is 4. The highest BCUT2D eigenvalue weighted by molar-refractivity contribution is 7.25. The molecule has 0 N–H and O–H groups in total. The fraction of sp³-hybridized carbons (Fsp3) is 0.300. The molecule has 6 nitrogen and oxygen atoms in total. The van der Waals surface area contributed by atoms with Crippen LogP contribution in [0.3, 0.4) is 0 Å². The Labute approximate surface area is 161 Å². The first-order valence-corrected chi connectivity index (χ1v) is 9.95. The second-order valence-corrected chi connectivity index (χ2v) is 7.93. The van der Waals surface area contributed by atoms with Crippen LogP contribution in [0, 0.1) is 13.8 Å². The second-order valence-electron chi connectivity index (χ2n) is 6.90. The van der Waals surface area contributed by atoms with Gasteiger partial charge in [-0.1, -0.05) is 18.2 Å². The van der Waals surface area contributed by atoms with Gasteiger partial charge in [-0.05, 0) is 26.0 Å². The lowest BCUT2D eigenvalue weighted by Crippen LogP contribution is -2.47. The Morgan fingerprint density at radius 3 is 2.37 bits per heavy atom. The Kier molecular flexibility index (Phi) is 3.89. The fourth-order valence-corrected chi connectivity index (χ4v) is 4.78. The van der Waals surface area contributed by atoms with Crippen LogP contribution < -0.4 is 9.80 Å². The van der Waals surface area contributed by atoms with Gasteiger partial charge in [0.15, 0.2) is 0 Å². The molecular weight excluding hydrogens is 356 g/mol. The van der Waals surface area contributed by atoms with E-state index in [1.165, 1.54) is 15.5 Å². The maximum Gasteiger partial charge on any atom is 0.225 e. The SMILES string of the molecule is Cc1cc(C)nc(N2CCN(c3ncnc4sc5ccccc5c34)CC2)n1. The van der Waals surface area contributed by atoms with Crippen molar-refractivity contribution in [1.82, 2.24) is 19.9 Å². The third-order valence-corrected chi connectivity index (χ3v) is 6.07. The van der Waals surface area contributed by atoms with Crippen molar-refractivity contribution in [1.29, 1.82) is 0 Å². The molecule has 5 rings (SSSR count). The number of hydrogen-bond acceptors (Lipinski definition) is 7. The molecule has 0 unspecified atom stereocenters. The van der Waals surface area contributed by atoms with E-state index >= 15 is 0 Å². The molecule has 0 aliphatic carbocycles. The lowest BCUT2D eigenvalue weighted by atomic mass is 10.2. The molecule has 0 bridgehead atoms. The molecule has 1 aliphatic rings. The first-order valence-electron chi connectivity index (χ1n) is 9.13. The number of piperazine rings is 1. The molecule has 0 amide bonds. The Balaban J connectivity index is 1.46. The molecule has 1 aromatic carbocycles. The lowest BCUT2D eigenvalue weighted by Gasteiger charge is -2.35. The van der Waals surface area contributed by atoms with Gasteiger partial charge in [-0.2, -0.15) is 0 Å². The highest BCUT2D eigenvalue weighted by atomic mass is 32.1. The van der Waals surface area contributed by atoms with E-state index in [4.69, 9.17) is 0 Å². The predicted molar refractivity (Wildman–Crippen MR) is 111 cm³/mol. The third-order valence-electron chi connectivity index (χ3n) is 4.99. The predicted octanol–water partition coefficient (Wildman–Crippen LogP) is 3.58. The number of nitrogens with zero attached hydrogens (tertiary/aromatic N) is 6. The molecule has 136 valence electrons. The lowest BCUT2D eigenvalue weighted by molar-refractivity contribution is 0.634. The Morgan fingerprint density at radius 2 is 1.59 bits per heavy atom. The quantitative estimate of drug-likeness (QED) is 0.533. The molecule has 0 saturated carbocycles. The molecular formula is C20H20N6S. The van der Waals surface area contributed by atoms with Gasteiger partial charge in [-0.25, -0.2) is 19.9 Å². The van der Waals surface area contributed by atoms with Crippen LogP contribution in [-0.4, -0.2) is 46.1 Å². The summed E-state index contributed by atoms with van der Waals surface area (Å²) in [7, 11) is 0. The van der Waals surface area contributed by atoms with Gasteiger partial charge in [0.25, 0.3) is 0 Å². The van der Waals surface area contributed by atoms with E-state index in [0.29, 0.717) is 0 Å². The Morgan fingerprint density at radius 1 is 0.889 bits per heavy atom. The zero-order valence-electron chi connectivity index (χ0n) is 15.4. The van der Waals surface area contributed by atoms with Crippen molar-refractivity contribution < 1.29 is 0 Å². The van der Waals surface area contributed by atoms with Gasteiger partial charge in [0.2, 0.25) is 5.95 Å². The van der Waals surface area contributed by atoms with Crippen molar-refractivity contribution in [3.05, 3.63) is 48.0 Å². The van der Waals surface area contributed by atoms with E-state index in [2.05, 4.69) is 54.0 Å². The van der Waals surface area contributed by atoms with E-state index in [1.54, 1.807) is 17.7 Å². The van der Waals surface area contributed by atoms with Crippen LogP contribution in [0.4, 0.5) is 11.8 Å². The summed E-state index contributed by atoms with van der Waals surface area (Å²) >= 11 is 1.73. The molecule has 4 heterocycles. The zero-order valence-corrected chi connectivity index (χ0v) is 16.2. The van der Waals surface area contributed by atoms with Crippen LogP contribution in [0.5, 0.6) is 0 Å². The van der Waals surface area contributed by atoms with Crippen molar-refractivity contribution in [2.75, 3.05) is 36.0 Å². The largest absolute Gasteiger partial charge is 0.352 e. The van der Waals surface area contributed by atoms with Crippen molar-refractivity contribution in [3.8, 4) is 0 Å². The summed E-state index contributed by atoms with van der Waals surface area (Å²) in [5.41, 5.74) is 2.03.